The van der Waals surface area contributed by atoms with Gasteiger partial charge in [-0.25, -0.2) is 9.97 Å². The molecule has 5 heteroatoms. The Labute approximate surface area is 106 Å². The molecule has 4 rings (SSSR count). The fourth-order valence-corrected chi connectivity index (χ4v) is 3.19. The first kappa shape index (κ1) is 9.85. The summed E-state index contributed by atoms with van der Waals surface area (Å²) >= 11 is 1.44. The summed E-state index contributed by atoms with van der Waals surface area (Å²) in [4.78, 5) is 9.96. The number of imidazole rings is 1. The molecular formula is C13H9N3OS. The van der Waals surface area contributed by atoms with Crippen LogP contribution in [0.4, 0.5) is 0 Å². The molecule has 0 fully saturated rings. The van der Waals surface area contributed by atoms with Crippen molar-refractivity contribution in [2.24, 2.45) is 0 Å². The standard InChI is InChI=1S/C13H9N3OS/c1-7-14-13-11(10(17)6-18-13)12-15-8-4-2-3-5-9(8)16(7)12/h2-6,17H,1H3. The summed E-state index contributed by atoms with van der Waals surface area (Å²) in [6, 6.07) is 7.92. The monoisotopic (exact) mass is 255 g/mol. The number of hydrogen-bond acceptors (Lipinski definition) is 4. The molecule has 18 heavy (non-hydrogen) atoms. The third kappa shape index (κ3) is 1.09. The van der Waals surface area contributed by atoms with Gasteiger partial charge < -0.3 is 5.11 Å². The Kier molecular flexibility index (Phi) is 1.75. The van der Waals surface area contributed by atoms with E-state index in [0.29, 0.717) is 0 Å². The molecule has 0 bridgehead atoms. The number of benzene rings is 1. The maximum atomic E-state index is 9.94. The molecule has 0 aliphatic carbocycles. The molecule has 0 amide bonds. The van der Waals surface area contributed by atoms with Gasteiger partial charge in [-0.2, -0.15) is 0 Å². The summed E-state index contributed by atoms with van der Waals surface area (Å²) < 4.78 is 1.99. The molecule has 0 aliphatic rings. The smallest absolute Gasteiger partial charge is 0.153 e. The van der Waals surface area contributed by atoms with Crippen LogP contribution in [0.25, 0.3) is 26.9 Å². The Balaban J connectivity index is 2.41. The van der Waals surface area contributed by atoms with Crippen molar-refractivity contribution >= 4 is 38.2 Å². The first-order chi connectivity index (χ1) is 8.75. The van der Waals surface area contributed by atoms with Gasteiger partial charge >= 0.3 is 0 Å². The molecule has 3 aromatic heterocycles. The van der Waals surface area contributed by atoms with Crippen LogP contribution in [-0.4, -0.2) is 19.5 Å². The van der Waals surface area contributed by atoms with Crippen molar-refractivity contribution in [3.63, 3.8) is 0 Å². The molecule has 0 radical (unpaired) electrons. The molecule has 0 aliphatic heterocycles. The zero-order valence-electron chi connectivity index (χ0n) is 9.58. The molecule has 0 unspecified atom stereocenters. The molecule has 0 spiro atoms. The van der Waals surface area contributed by atoms with Gasteiger partial charge in [-0.05, 0) is 19.1 Å². The lowest BCUT2D eigenvalue weighted by molar-refractivity contribution is 0.484. The van der Waals surface area contributed by atoms with Crippen LogP contribution in [0.5, 0.6) is 5.75 Å². The molecule has 1 N–H and O–H groups in total. The number of aromatic hydroxyl groups is 1. The zero-order chi connectivity index (χ0) is 12.3. The number of fused-ring (bicyclic) bond motifs is 5. The fourth-order valence-electron chi connectivity index (χ4n) is 2.35. The van der Waals surface area contributed by atoms with E-state index in [0.717, 1.165) is 32.7 Å². The Hall–Kier alpha value is -2.14. The highest BCUT2D eigenvalue weighted by molar-refractivity contribution is 7.17. The normalized spacial score (nSPS) is 11.8. The fraction of sp³-hybridized carbons (Fsp3) is 0.0769. The highest BCUT2D eigenvalue weighted by Crippen LogP contribution is 2.34. The molecule has 4 aromatic rings. The van der Waals surface area contributed by atoms with Crippen molar-refractivity contribution in [1.82, 2.24) is 14.4 Å². The van der Waals surface area contributed by atoms with E-state index in [-0.39, 0.29) is 5.75 Å². The first-order valence-corrected chi connectivity index (χ1v) is 6.47. The largest absolute Gasteiger partial charge is 0.506 e. The summed E-state index contributed by atoms with van der Waals surface area (Å²) in [7, 11) is 0. The molecular weight excluding hydrogens is 246 g/mol. The second-order valence-electron chi connectivity index (χ2n) is 4.22. The van der Waals surface area contributed by atoms with Crippen LogP contribution in [-0.2, 0) is 0 Å². The lowest BCUT2D eigenvalue weighted by Crippen LogP contribution is -1.94. The minimum Gasteiger partial charge on any atom is -0.506 e. The van der Waals surface area contributed by atoms with E-state index in [2.05, 4.69) is 9.97 Å². The van der Waals surface area contributed by atoms with Gasteiger partial charge in [-0.3, -0.25) is 4.40 Å². The number of aromatic nitrogens is 3. The summed E-state index contributed by atoms with van der Waals surface area (Å²) in [5.74, 6) is 1.14. The SMILES string of the molecule is Cc1nc2scc(O)c2c2nc3ccccc3n12. The van der Waals surface area contributed by atoms with Gasteiger partial charge in [-0.15, -0.1) is 11.3 Å². The first-order valence-electron chi connectivity index (χ1n) is 5.59. The van der Waals surface area contributed by atoms with Crippen LogP contribution in [0.2, 0.25) is 0 Å². The maximum absolute atomic E-state index is 9.94. The molecule has 0 atom stereocenters. The van der Waals surface area contributed by atoms with Gasteiger partial charge in [0.2, 0.25) is 0 Å². The Morgan fingerprint density at radius 2 is 2.06 bits per heavy atom. The Bertz CT molecular complexity index is 907. The van der Waals surface area contributed by atoms with Crippen LogP contribution < -0.4 is 0 Å². The third-order valence-electron chi connectivity index (χ3n) is 3.12. The summed E-state index contributed by atoms with van der Waals surface area (Å²) in [6.45, 7) is 1.96. The van der Waals surface area contributed by atoms with Gasteiger partial charge in [0, 0.05) is 5.38 Å². The van der Waals surface area contributed by atoms with E-state index in [1.165, 1.54) is 11.3 Å². The van der Waals surface area contributed by atoms with E-state index in [4.69, 9.17) is 0 Å². The van der Waals surface area contributed by atoms with E-state index < -0.39 is 0 Å². The highest BCUT2D eigenvalue weighted by atomic mass is 32.1. The number of thiophene rings is 1. The summed E-state index contributed by atoms with van der Waals surface area (Å²) in [6.07, 6.45) is 0. The summed E-state index contributed by atoms with van der Waals surface area (Å²) in [5.41, 5.74) is 2.71. The van der Waals surface area contributed by atoms with Gasteiger partial charge in [0.1, 0.15) is 16.4 Å². The second-order valence-corrected chi connectivity index (χ2v) is 5.08. The van der Waals surface area contributed by atoms with Gasteiger partial charge in [0.15, 0.2) is 5.65 Å². The molecule has 3 heterocycles. The van der Waals surface area contributed by atoms with Crippen LogP contribution in [0.15, 0.2) is 29.6 Å². The van der Waals surface area contributed by atoms with Crippen molar-refractivity contribution in [3.05, 3.63) is 35.5 Å². The van der Waals surface area contributed by atoms with Crippen molar-refractivity contribution in [3.8, 4) is 5.75 Å². The number of hydrogen-bond donors (Lipinski definition) is 1. The minimum atomic E-state index is 0.253. The quantitative estimate of drug-likeness (QED) is 0.525. The van der Waals surface area contributed by atoms with E-state index in [9.17, 15) is 5.11 Å². The maximum Gasteiger partial charge on any atom is 0.153 e. The van der Waals surface area contributed by atoms with Crippen LogP contribution in [0.3, 0.4) is 0 Å². The Morgan fingerprint density at radius 3 is 2.94 bits per heavy atom. The average molecular weight is 255 g/mol. The van der Waals surface area contributed by atoms with Crippen molar-refractivity contribution in [2.75, 3.05) is 0 Å². The highest BCUT2D eigenvalue weighted by Gasteiger charge is 2.15. The van der Waals surface area contributed by atoms with E-state index in [1.54, 1.807) is 5.38 Å². The predicted octanol–water partition coefficient (Wildman–Crippen LogP) is 3.11. The third-order valence-corrected chi connectivity index (χ3v) is 3.98. The van der Waals surface area contributed by atoms with E-state index >= 15 is 0 Å². The second kappa shape index (κ2) is 3.20. The van der Waals surface area contributed by atoms with Crippen LogP contribution >= 0.6 is 11.3 Å². The predicted molar refractivity (Wildman–Crippen MR) is 72.3 cm³/mol. The van der Waals surface area contributed by atoms with Crippen LogP contribution in [0, 0.1) is 6.92 Å². The van der Waals surface area contributed by atoms with Gasteiger partial charge in [0.25, 0.3) is 0 Å². The molecule has 0 saturated heterocycles. The van der Waals surface area contributed by atoms with E-state index in [1.807, 2.05) is 35.6 Å². The number of aryl methyl sites for hydroxylation is 1. The molecule has 0 saturated carbocycles. The number of para-hydroxylation sites is 2. The van der Waals surface area contributed by atoms with Crippen LogP contribution in [0.1, 0.15) is 5.82 Å². The van der Waals surface area contributed by atoms with Gasteiger partial charge in [-0.1, -0.05) is 12.1 Å². The zero-order valence-corrected chi connectivity index (χ0v) is 10.4. The summed E-state index contributed by atoms with van der Waals surface area (Å²) in [5, 5.41) is 12.4. The average Bonchev–Trinajstić information content (AvgIpc) is 2.90. The molecule has 1 aromatic carbocycles. The lowest BCUT2D eigenvalue weighted by atomic mass is 10.3. The van der Waals surface area contributed by atoms with Gasteiger partial charge in [0.05, 0.1) is 16.4 Å². The number of rotatable bonds is 0. The van der Waals surface area contributed by atoms with Crippen molar-refractivity contribution in [1.29, 1.82) is 0 Å². The lowest BCUT2D eigenvalue weighted by Gasteiger charge is -2.01. The number of nitrogens with zero attached hydrogens (tertiary/aromatic N) is 3. The minimum absolute atomic E-state index is 0.253. The Morgan fingerprint density at radius 1 is 1.22 bits per heavy atom. The van der Waals surface area contributed by atoms with Crippen molar-refractivity contribution < 1.29 is 5.11 Å². The van der Waals surface area contributed by atoms with Crippen molar-refractivity contribution in [2.45, 2.75) is 6.92 Å². The molecule has 88 valence electrons. The molecule has 4 nitrogen and oxygen atoms in total. The topological polar surface area (TPSA) is 50.4 Å².